The lowest BCUT2D eigenvalue weighted by Crippen LogP contribution is -2.47. The van der Waals surface area contributed by atoms with Crippen LogP contribution in [0.5, 0.6) is 0 Å². The number of likely N-dealkylation sites (N-methyl/N-ethyl adjacent to an activating group) is 1. The second-order valence-corrected chi connectivity index (χ2v) is 6.56. The van der Waals surface area contributed by atoms with Gasteiger partial charge in [0.15, 0.2) is 0 Å². The van der Waals surface area contributed by atoms with Gasteiger partial charge in [0.05, 0.1) is 11.4 Å². The Bertz CT molecular complexity index is 458. The number of para-hydroxylation sites is 2. The number of rotatable bonds is 4. The van der Waals surface area contributed by atoms with E-state index in [4.69, 9.17) is 0 Å². The topological polar surface area (TPSA) is 18.5 Å². The quantitative estimate of drug-likeness (QED) is 0.918. The summed E-state index contributed by atoms with van der Waals surface area (Å²) < 4.78 is 0. The number of benzene rings is 1. The molecule has 1 aliphatic carbocycles. The SMILES string of the molecule is CCNC1CCCCC1CN1CCN(C)c2ccccc21. The average molecular weight is 287 g/mol. The Morgan fingerprint density at radius 3 is 2.67 bits per heavy atom. The zero-order valence-corrected chi connectivity index (χ0v) is 13.5. The minimum atomic E-state index is 0.718. The Morgan fingerprint density at radius 2 is 1.86 bits per heavy atom. The zero-order chi connectivity index (χ0) is 14.7. The first-order valence-corrected chi connectivity index (χ1v) is 8.58. The molecule has 1 saturated carbocycles. The van der Waals surface area contributed by atoms with E-state index in [9.17, 15) is 0 Å². The van der Waals surface area contributed by atoms with Crippen LogP contribution in [0.3, 0.4) is 0 Å². The second-order valence-electron chi connectivity index (χ2n) is 6.56. The van der Waals surface area contributed by atoms with E-state index >= 15 is 0 Å². The van der Waals surface area contributed by atoms with Gasteiger partial charge in [-0.2, -0.15) is 0 Å². The van der Waals surface area contributed by atoms with Gasteiger partial charge in [0.1, 0.15) is 0 Å². The third-order valence-corrected chi connectivity index (χ3v) is 5.17. The molecule has 0 bridgehead atoms. The first-order chi connectivity index (χ1) is 10.3. The smallest absolute Gasteiger partial charge is 0.0604 e. The normalized spacial score (nSPS) is 25.8. The van der Waals surface area contributed by atoms with Crippen molar-refractivity contribution in [2.45, 2.75) is 38.6 Å². The molecule has 2 unspecified atom stereocenters. The van der Waals surface area contributed by atoms with Gasteiger partial charge in [-0.05, 0) is 37.4 Å². The molecule has 3 rings (SSSR count). The van der Waals surface area contributed by atoms with E-state index in [2.05, 4.69) is 53.4 Å². The first kappa shape index (κ1) is 14.7. The van der Waals surface area contributed by atoms with Gasteiger partial charge >= 0.3 is 0 Å². The summed E-state index contributed by atoms with van der Waals surface area (Å²) in [5.74, 6) is 0.801. The number of fused-ring (bicyclic) bond motifs is 1. The summed E-state index contributed by atoms with van der Waals surface area (Å²) in [7, 11) is 2.21. The fourth-order valence-electron chi connectivity index (χ4n) is 4.00. The van der Waals surface area contributed by atoms with Crippen molar-refractivity contribution >= 4 is 11.4 Å². The molecule has 1 N–H and O–H groups in total. The molecule has 0 aromatic heterocycles. The fourth-order valence-corrected chi connectivity index (χ4v) is 4.00. The maximum atomic E-state index is 3.72. The predicted molar refractivity (Wildman–Crippen MR) is 91.3 cm³/mol. The van der Waals surface area contributed by atoms with Crippen molar-refractivity contribution in [2.24, 2.45) is 5.92 Å². The molecule has 2 atom stereocenters. The molecule has 3 nitrogen and oxygen atoms in total. The highest BCUT2D eigenvalue weighted by molar-refractivity contribution is 5.73. The van der Waals surface area contributed by atoms with Crippen molar-refractivity contribution in [1.29, 1.82) is 0 Å². The van der Waals surface area contributed by atoms with Crippen molar-refractivity contribution in [1.82, 2.24) is 5.32 Å². The van der Waals surface area contributed by atoms with E-state index in [1.165, 1.54) is 43.6 Å². The molecular weight excluding hydrogens is 258 g/mol. The maximum Gasteiger partial charge on any atom is 0.0604 e. The highest BCUT2D eigenvalue weighted by Gasteiger charge is 2.28. The molecule has 116 valence electrons. The Labute approximate surface area is 129 Å². The van der Waals surface area contributed by atoms with E-state index < -0.39 is 0 Å². The highest BCUT2D eigenvalue weighted by atomic mass is 15.3. The molecule has 1 aromatic carbocycles. The van der Waals surface area contributed by atoms with Crippen LogP contribution in [-0.2, 0) is 0 Å². The summed E-state index contributed by atoms with van der Waals surface area (Å²) in [6.45, 7) is 6.83. The summed E-state index contributed by atoms with van der Waals surface area (Å²) in [5, 5.41) is 3.72. The van der Waals surface area contributed by atoms with Crippen LogP contribution in [0.25, 0.3) is 0 Å². The van der Waals surface area contributed by atoms with E-state index in [-0.39, 0.29) is 0 Å². The van der Waals surface area contributed by atoms with Crippen LogP contribution in [0.15, 0.2) is 24.3 Å². The molecule has 0 amide bonds. The van der Waals surface area contributed by atoms with Crippen molar-refractivity contribution in [3.63, 3.8) is 0 Å². The molecule has 21 heavy (non-hydrogen) atoms. The molecular formula is C18H29N3. The van der Waals surface area contributed by atoms with Gasteiger partial charge in [0, 0.05) is 32.7 Å². The predicted octanol–water partition coefficient (Wildman–Crippen LogP) is 3.11. The summed E-state index contributed by atoms with van der Waals surface area (Å²) in [6, 6.07) is 9.59. The van der Waals surface area contributed by atoms with Crippen LogP contribution in [0.2, 0.25) is 0 Å². The summed E-state index contributed by atoms with van der Waals surface area (Å²) in [4.78, 5) is 5.00. The lowest BCUT2D eigenvalue weighted by Gasteiger charge is -2.41. The highest BCUT2D eigenvalue weighted by Crippen LogP contribution is 2.34. The Hall–Kier alpha value is -1.22. The van der Waals surface area contributed by atoms with Crippen LogP contribution in [-0.4, -0.2) is 39.3 Å². The van der Waals surface area contributed by atoms with Crippen molar-refractivity contribution < 1.29 is 0 Å². The van der Waals surface area contributed by atoms with Gasteiger partial charge in [0.2, 0.25) is 0 Å². The molecule has 1 aliphatic heterocycles. The number of nitrogens with one attached hydrogen (secondary N) is 1. The molecule has 1 fully saturated rings. The van der Waals surface area contributed by atoms with E-state index in [0.717, 1.165) is 31.6 Å². The summed E-state index contributed by atoms with van der Waals surface area (Å²) in [6.07, 6.45) is 5.54. The lowest BCUT2D eigenvalue weighted by molar-refractivity contribution is 0.267. The largest absolute Gasteiger partial charge is 0.371 e. The van der Waals surface area contributed by atoms with Gasteiger partial charge in [-0.1, -0.05) is 31.9 Å². The molecule has 0 saturated heterocycles. The monoisotopic (exact) mass is 287 g/mol. The second kappa shape index (κ2) is 6.69. The molecule has 3 heteroatoms. The minimum Gasteiger partial charge on any atom is -0.371 e. The zero-order valence-electron chi connectivity index (χ0n) is 13.5. The van der Waals surface area contributed by atoms with E-state index in [1.54, 1.807) is 0 Å². The number of hydrogen-bond donors (Lipinski definition) is 1. The molecule has 1 aromatic rings. The van der Waals surface area contributed by atoms with Gasteiger partial charge in [0.25, 0.3) is 0 Å². The standard InChI is InChI=1S/C18H29N3/c1-3-19-16-9-5-4-8-15(16)14-21-13-12-20(2)17-10-6-7-11-18(17)21/h6-7,10-11,15-16,19H,3-5,8-9,12-14H2,1-2H3. The molecule has 1 heterocycles. The van der Waals surface area contributed by atoms with Crippen molar-refractivity contribution in [3.8, 4) is 0 Å². The Balaban J connectivity index is 1.74. The Kier molecular flexibility index (Phi) is 4.69. The van der Waals surface area contributed by atoms with Crippen LogP contribution in [0.4, 0.5) is 11.4 Å². The van der Waals surface area contributed by atoms with Gasteiger partial charge in [-0.3, -0.25) is 0 Å². The van der Waals surface area contributed by atoms with Gasteiger partial charge in [-0.25, -0.2) is 0 Å². The van der Waals surface area contributed by atoms with Crippen LogP contribution in [0, 0.1) is 5.92 Å². The number of anilines is 2. The number of hydrogen-bond acceptors (Lipinski definition) is 3. The van der Waals surface area contributed by atoms with Crippen LogP contribution < -0.4 is 15.1 Å². The van der Waals surface area contributed by atoms with Crippen molar-refractivity contribution in [3.05, 3.63) is 24.3 Å². The fraction of sp³-hybridized carbons (Fsp3) is 0.667. The van der Waals surface area contributed by atoms with Crippen molar-refractivity contribution in [2.75, 3.05) is 43.0 Å². The van der Waals surface area contributed by atoms with Gasteiger partial charge < -0.3 is 15.1 Å². The summed E-state index contributed by atoms with van der Waals surface area (Å²) in [5.41, 5.74) is 2.81. The Morgan fingerprint density at radius 1 is 1.10 bits per heavy atom. The third kappa shape index (κ3) is 3.18. The van der Waals surface area contributed by atoms with E-state index in [0.29, 0.717) is 0 Å². The summed E-state index contributed by atoms with van der Waals surface area (Å²) >= 11 is 0. The molecule has 2 aliphatic rings. The number of nitrogens with zero attached hydrogens (tertiary/aromatic N) is 2. The maximum absolute atomic E-state index is 3.72. The third-order valence-electron chi connectivity index (χ3n) is 5.17. The first-order valence-electron chi connectivity index (χ1n) is 8.58. The van der Waals surface area contributed by atoms with Gasteiger partial charge in [-0.15, -0.1) is 0 Å². The minimum absolute atomic E-state index is 0.718. The van der Waals surface area contributed by atoms with E-state index in [1.807, 2.05) is 0 Å². The van der Waals surface area contributed by atoms with Crippen LogP contribution in [0.1, 0.15) is 32.6 Å². The lowest BCUT2D eigenvalue weighted by atomic mass is 9.84. The molecule has 0 spiro atoms. The molecule has 0 radical (unpaired) electrons. The van der Waals surface area contributed by atoms with Crippen LogP contribution >= 0.6 is 0 Å². The average Bonchev–Trinajstić information content (AvgIpc) is 2.52.